The number of hydrogen-bond donors (Lipinski definition) is 2. The van der Waals surface area contributed by atoms with Crippen molar-refractivity contribution in [2.45, 2.75) is 31.8 Å². The lowest BCUT2D eigenvalue weighted by Crippen LogP contribution is -2.44. The van der Waals surface area contributed by atoms with Gasteiger partial charge in [-0.3, -0.25) is 4.90 Å². The highest BCUT2D eigenvalue weighted by Gasteiger charge is 2.23. The maximum atomic E-state index is 10.3. The lowest BCUT2D eigenvalue weighted by molar-refractivity contribution is 0.138. The summed E-state index contributed by atoms with van der Waals surface area (Å²) in [5.74, 6) is 0.419. The van der Waals surface area contributed by atoms with Crippen LogP contribution in [0.15, 0.2) is 36.4 Å². The van der Waals surface area contributed by atoms with E-state index in [0.29, 0.717) is 11.8 Å². The summed E-state index contributed by atoms with van der Waals surface area (Å²) in [4.78, 5) is 2.52. The van der Waals surface area contributed by atoms with Gasteiger partial charge in [0.2, 0.25) is 0 Å². The fourth-order valence-electron chi connectivity index (χ4n) is 3.43. The molecule has 0 bridgehead atoms. The summed E-state index contributed by atoms with van der Waals surface area (Å²) in [7, 11) is 2.02. The number of phenolic OH excluding ortho intramolecular Hbond substituents is 1. The number of likely N-dealkylation sites (N-methyl/N-ethyl adjacent to an activating group) is 1. The molecule has 0 saturated carbocycles. The van der Waals surface area contributed by atoms with Crippen LogP contribution >= 0.6 is 0 Å². The van der Waals surface area contributed by atoms with E-state index in [9.17, 15) is 5.11 Å². The molecule has 1 fully saturated rings. The molecular weight excluding hydrogens is 260 g/mol. The summed E-state index contributed by atoms with van der Waals surface area (Å²) in [6.45, 7) is 2.97. The Morgan fingerprint density at radius 2 is 2.05 bits per heavy atom. The van der Waals surface area contributed by atoms with E-state index in [4.69, 9.17) is 0 Å². The third kappa shape index (κ3) is 3.04. The van der Waals surface area contributed by atoms with E-state index in [1.54, 1.807) is 0 Å². The molecule has 1 saturated heterocycles. The van der Waals surface area contributed by atoms with Gasteiger partial charge in [0.1, 0.15) is 5.75 Å². The first-order valence-corrected chi connectivity index (χ1v) is 7.88. The molecular formula is C18H24N2O. The van der Waals surface area contributed by atoms with Crippen LogP contribution in [0.25, 0.3) is 10.8 Å². The molecule has 1 atom stereocenters. The highest BCUT2D eigenvalue weighted by Crippen LogP contribution is 2.30. The lowest BCUT2D eigenvalue weighted by Gasteiger charge is -2.36. The number of rotatable bonds is 4. The highest BCUT2D eigenvalue weighted by molar-refractivity contribution is 5.87. The number of fused-ring (bicyclic) bond motifs is 1. The van der Waals surface area contributed by atoms with Crippen LogP contribution in [0, 0.1) is 0 Å². The van der Waals surface area contributed by atoms with Gasteiger partial charge in [-0.05, 0) is 43.3 Å². The number of piperidine rings is 1. The second kappa shape index (κ2) is 6.46. The number of aromatic hydroxyl groups is 1. The second-order valence-electron chi connectivity index (χ2n) is 5.96. The van der Waals surface area contributed by atoms with Crippen LogP contribution in [-0.4, -0.2) is 36.2 Å². The number of nitrogens with one attached hydrogen (secondary N) is 1. The Kier molecular flexibility index (Phi) is 4.42. The predicted octanol–water partition coefficient (Wildman–Crippen LogP) is 3.12. The van der Waals surface area contributed by atoms with Crippen LogP contribution < -0.4 is 5.32 Å². The second-order valence-corrected chi connectivity index (χ2v) is 5.96. The van der Waals surface area contributed by atoms with Crippen LogP contribution in [0.1, 0.15) is 24.8 Å². The molecule has 3 heteroatoms. The summed E-state index contributed by atoms with van der Waals surface area (Å²) >= 11 is 0. The van der Waals surface area contributed by atoms with Gasteiger partial charge in [0.05, 0.1) is 0 Å². The summed E-state index contributed by atoms with van der Waals surface area (Å²) in [5.41, 5.74) is 1.07. The lowest BCUT2D eigenvalue weighted by atomic mass is 9.98. The van der Waals surface area contributed by atoms with E-state index >= 15 is 0 Å². The number of likely N-dealkylation sites (tertiary alicyclic amines) is 1. The van der Waals surface area contributed by atoms with E-state index < -0.39 is 0 Å². The molecule has 0 aromatic heterocycles. The first-order chi connectivity index (χ1) is 10.3. The van der Waals surface area contributed by atoms with Gasteiger partial charge in [0.25, 0.3) is 0 Å². The van der Waals surface area contributed by atoms with Gasteiger partial charge < -0.3 is 10.4 Å². The Labute approximate surface area is 126 Å². The zero-order valence-corrected chi connectivity index (χ0v) is 12.7. The van der Waals surface area contributed by atoms with Gasteiger partial charge in [0, 0.05) is 24.7 Å². The Hall–Kier alpha value is -1.58. The number of hydrogen-bond acceptors (Lipinski definition) is 3. The maximum Gasteiger partial charge on any atom is 0.120 e. The van der Waals surface area contributed by atoms with Crippen molar-refractivity contribution >= 4 is 10.8 Å². The van der Waals surface area contributed by atoms with E-state index in [1.807, 2.05) is 31.3 Å². The SMILES string of the molecule is CNCC1CCCCN1Cc1c(O)ccc2ccccc12. The molecule has 2 aromatic carbocycles. The Morgan fingerprint density at radius 3 is 2.90 bits per heavy atom. The van der Waals surface area contributed by atoms with E-state index in [-0.39, 0.29) is 0 Å². The number of phenols is 1. The maximum absolute atomic E-state index is 10.3. The standard InChI is InChI=1S/C18H24N2O/c1-19-12-15-7-4-5-11-20(15)13-17-16-8-3-2-6-14(16)9-10-18(17)21/h2-3,6,8-10,15,19,21H,4-5,7,11-13H2,1H3. The van der Waals surface area contributed by atoms with Gasteiger partial charge in [0.15, 0.2) is 0 Å². The number of benzene rings is 2. The van der Waals surface area contributed by atoms with Crippen molar-refractivity contribution in [2.24, 2.45) is 0 Å². The van der Waals surface area contributed by atoms with Crippen LogP contribution in [-0.2, 0) is 6.54 Å². The molecule has 2 N–H and O–H groups in total. The van der Waals surface area contributed by atoms with Crippen molar-refractivity contribution in [3.63, 3.8) is 0 Å². The van der Waals surface area contributed by atoms with Gasteiger partial charge in [-0.1, -0.05) is 36.8 Å². The molecule has 1 aliphatic heterocycles. The Morgan fingerprint density at radius 1 is 1.19 bits per heavy atom. The average molecular weight is 284 g/mol. The Balaban J connectivity index is 1.91. The summed E-state index contributed by atoms with van der Waals surface area (Å²) < 4.78 is 0. The van der Waals surface area contributed by atoms with Gasteiger partial charge >= 0.3 is 0 Å². The number of nitrogens with zero attached hydrogens (tertiary/aromatic N) is 1. The van der Waals surface area contributed by atoms with Crippen molar-refractivity contribution < 1.29 is 5.11 Å². The molecule has 1 heterocycles. The average Bonchev–Trinajstić information content (AvgIpc) is 2.52. The molecule has 0 aliphatic carbocycles. The molecule has 2 aromatic rings. The summed E-state index contributed by atoms with van der Waals surface area (Å²) in [6.07, 6.45) is 3.81. The van der Waals surface area contributed by atoms with Crippen molar-refractivity contribution in [1.82, 2.24) is 10.2 Å². The minimum absolute atomic E-state index is 0.419. The molecule has 1 unspecified atom stereocenters. The van der Waals surface area contributed by atoms with Crippen molar-refractivity contribution in [1.29, 1.82) is 0 Å². The van der Waals surface area contributed by atoms with Gasteiger partial charge in [-0.2, -0.15) is 0 Å². The van der Waals surface area contributed by atoms with Crippen LogP contribution in [0.5, 0.6) is 5.75 Å². The van der Waals surface area contributed by atoms with Gasteiger partial charge in [-0.15, -0.1) is 0 Å². The van der Waals surface area contributed by atoms with Crippen molar-refractivity contribution in [3.05, 3.63) is 42.0 Å². The topological polar surface area (TPSA) is 35.5 Å². The molecule has 112 valence electrons. The molecule has 0 spiro atoms. The first kappa shape index (κ1) is 14.4. The molecule has 3 nitrogen and oxygen atoms in total. The van der Waals surface area contributed by atoms with E-state index in [2.05, 4.69) is 22.3 Å². The minimum Gasteiger partial charge on any atom is -0.508 e. The fraction of sp³-hybridized carbons (Fsp3) is 0.444. The zero-order chi connectivity index (χ0) is 14.7. The third-order valence-corrected chi connectivity index (χ3v) is 4.57. The fourth-order valence-corrected chi connectivity index (χ4v) is 3.43. The largest absolute Gasteiger partial charge is 0.508 e. The summed E-state index contributed by atoms with van der Waals surface area (Å²) in [6, 6.07) is 12.7. The molecule has 1 aliphatic rings. The van der Waals surface area contributed by atoms with Crippen LogP contribution in [0.3, 0.4) is 0 Å². The smallest absolute Gasteiger partial charge is 0.120 e. The van der Waals surface area contributed by atoms with Crippen LogP contribution in [0.4, 0.5) is 0 Å². The molecule has 0 amide bonds. The molecule has 21 heavy (non-hydrogen) atoms. The van der Waals surface area contributed by atoms with Crippen molar-refractivity contribution in [2.75, 3.05) is 20.1 Å². The van der Waals surface area contributed by atoms with Gasteiger partial charge in [-0.25, -0.2) is 0 Å². The van der Waals surface area contributed by atoms with E-state index in [0.717, 1.165) is 25.2 Å². The summed E-state index contributed by atoms with van der Waals surface area (Å²) in [5, 5.41) is 16.0. The molecule has 0 radical (unpaired) electrons. The van der Waals surface area contributed by atoms with Crippen LogP contribution in [0.2, 0.25) is 0 Å². The first-order valence-electron chi connectivity index (χ1n) is 7.88. The molecule has 3 rings (SSSR count). The third-order valence-electron chi connectivity index (χ3n) is 4.57. The van der Waals surface area contributed by atoms with E-state index in [1.165, 1.54) is 30.0 Å². The quantitative estimate of drug-likeness (QED) is 0.905. The Bertz CT molecular complexity index is 609. The monoisotopic (exact) mass is 284 g/mol. The minimum atomic E-state index is 0.419. The predicted molar refractivity (Wildman–Crippen MR) is 87.6 cm³/mol. The van der Waals surface area contributed by atoms with Crippen molar-refractivity contribution in [3.8, 4) is 5.75 Å². The zero-order valence-electron chi connectivity index (χ0n) is 12.7. The normalized spacial score (nSPS) is 20.0. The highest BCUT2D eigenvalue weighted by atomic mass is 16.3.